The van der Waals surface area contributed by atoms with E-state index in [1.54, 1.807) is 24.1 Å². The number of alkyl halides is 3. The molecule has 1 heterocycles. The van der Waals surface area contributed by atoms with Crippen LogP contribution >= 0.6 is 0 Å². The lowest BCUT2D eigenvalue weighted by molar-refractivity contribution is -0.137. The van der Waals surface area contributed by atoms with Crippen molar-refractivity contribution >= 4 is 5.69 Å². The maximum absolute atomic E-state index is 13.4. The van der Waals surface area contributed by atoms with Gasteiger partial charge in [-0.3, -0.25) is 0 Å². The van der Waals surface area contributed by atoms with Gasteiger partial charge in [-0.2, -0.15) is 13.2 Å². The van der Waals surface area contributed by atoms with E-state index in [2.05, 4.69) is 5.32 Å². The summed E-state index contributed by atoms with van der Waals surface area (Å²) in [6, 6.07) is 4.55. The quantitative estimate of drug-likeness (QED) is 0.929. The predicted octanol–water partition coefficient (Wildman–Crippen LogP) is 3.04. The molecule has 0 unspecified atom stereocenters. The van der Waals surface area contributed by atoms with Crippen LogP contribution in [0.1, 0.15) is 25.0 Å². The summed E-state index contributed by atoms with van der Waals surface area (Å²) >= 11 is 0. The van der Waals surface area contributed by atoms with Crippen LogP contribution in [-0.4, -0.2) is 32.3 Å². The van der Waals surface area contributed by atoms with Gasteiger partial charge in [-0.25, -0.2) is 0 Å². The maximum Gasteiger partial charge on any atom is 0.418 e. The molecule has 0 amide bonds. The first-order chi connectivity index (χ1) is 9.75. The zero-order chi connectivity index (χ0) is 15.7. The third kappa shape index (κ3) is 3.49. The second kappa shape index (κ2) is 5.85. The maximum atomic E-state index is 13.4. The van der Waals surface area contributed by atoms with E-state index in [0.717, 1.165) is 0 Å². The molecule has 0 atom stereocenters. The third-order valence-electron chi connectivity index (χ3n) is 3.68. The Hall–Kier alpha value is -1.27. The minimum atomic E-state index is -4.37. The molecular weight excluding hydrogens is 281 g/mol. The number of hydrogen-bond acceptors (Lipinski definition) is 3. The fraction of sp³-hybridized carbons (Fsp3) is 0.600. The summed E-state index contributed by atoms with van der Waals surface area (Å²) in [5.74, 6) is 0. The highest BCUT2D eigenvalue weighted by atomic mass is 19.4. The lowest BCUT2D eigenvalue weighted by Gasteiger charge is -2.44. The fourth-order valence-corrected chi connectivity index (χ4v) is 2.66. The van der Waals surface area contributed by atoms with Crippen LogP contribution in [0.5, 0.6) is 0 Å². The van der Waals surface area contributed by atoms with Gasteiger partial charge in [0.2, 0.25) is 0 Å². The summed E-state index contributed by atoms with van der Waals surface area (Å²) in [5.41, 5.74) is -0.177. The molecule has 1 aliphatic heterocycles. The van der Waals surface area contributed by atoms with Gasteiger partial charge in [-0.05, 0) is 38.6 Å². The molecule has 1 aromatic carbocycles. The Morgan fingerprint density at radius 1 is 1.33 bits per heavy atom. The lowest BCUT2D eigenvalue weighted by Crippen LogP contribution is -2.53. The number of ether oxygens (including phenoxy) is 1. The van der Waals surface area contributed by atoms with E-state index in [0.29, 0.717) is 31.9 Å². The number of nitrogens with zero attached hydrogens (tertiary/aromatic N) is 1. The van der Waals surface area contributed by atoms with Gasteiger partial charge in [0.15, 0.2) is 0 Å². The summed E-state index contributed by atoms with van der Waals surface area (Å²) in [6.45, 7) is 5.53. The second-order valence-electron chi connectivity index (χ2n) is 5.90. The Balaban J connectivity index is 2.47. The monoisotopic (exact) mass is 302 g/mol. The molecule has 0 bridgehead atoms. The number of nitrogens with one attached hydrogen (secondary N) is 1. The highest BCUT2D eigenvalue weighted by Gasteiger charge is 2.39. The molecule has 0 aromatic heterocycles. The number of rotatable bonds is 3. The molecule has 118 valence electrons. The van der Waals surface area contributed by atoms with E-state index < -0.39 is 17.3 Å². The zero-order valence-electron chi connectivity index (χ0n) is 12.5. The molecule has 1 N–H and O–H groups in total. The van der Waals surface area contributed by atoms with E-state index in [1.165, 1.54) is 6.07 Å². The number of benzene rings is 1. The normalized spacial score (nSPS) is 18.9. The molecule has 0 radical (unpaired) electrons. The van der Waals surface area contributed by atoms with Crippen LogP contribution in [0.15, 0.2) is 18.2 Å². The standard InChI is InChI=1S/C15H21F3N2O/c1-14(2)10-21-7-6-20(14)13-5-4-11(9-19-3)8-12(13)15(16,17)18/h4-5,8,19H,6-7,9-10H2,1-3H3. The number of hydrogen-bond donors (Lipinski definition) is 1. The van der Waals surface area contributed by atoms with E-state index in [-0.39, 0.29) is 5.69 Å². The van der Waals surface area contributed by atoms with Gasteiger partial charge in [0.05, 0.1) is 24.3 Å². The van der Waals surface area contributed by atoms with E-state index >= 15 is 0 Å². The Morgan fingerprint density at radius 2 is 2.05 bits per heavy atom. The van der Waals surface area contributed by atoms with Crippen LogP contribution in [0, 0.1) is 0 Å². The van der Waals surface area contributed by atoms with Crippen LogP contribution in [0.2, 0.25) is 0 Å². The van der Waals surface area contributed by atoms with Crippen molar-refractivity contribution in [2.75, 3.05) is 31.7 Å². The first kappa shape index (κ1) is 16.1. The summed E-state index contributed by atoms with van der Waals surface area (Å²) in [7, 11) is 1.71. The van der Waals surface area contributed by atoms with Crippen molar-refractivity contribution in [2.24, 2.45) is 0 Å². The van der Waals surface area contributed by atoms with Crippen molar-refractivity contribution < 1.29 is 17.9 Å². The van der Waals surface area contributed by atoms with Gasteiger partial charge in [0, 0.05) is 18.8 Å². The molecule has 1 fully saturated rings. The van der Waals surface area contributed by atoms with Gasteiger partial charge < -0.3 is 15.0 Å². The molecule has 1 aliphatic rings. The van der Waals surface area contributed by atoms with Gasteiger partial charge in [0.25, 0.3) is 0 Å². The molecule has 0 spiro atoms. The van der Waals surface area contributed by atoms with E-state index in [4.69, 9.17) is 4.74 Å². The fourth-order valence-electron chi connectivity index (χ4n) is 2.66. The molecular formula is C15H21F3N2O. The molecule has 3 nitrogen and oxygen atoms in total. The van der Waals surface area contributed by atoms with Gasteiger partial charge in [-0.15, -0.1) is 0 Å². The average Bonchev–Trinajstić information content (AvgIpc) is 2.38. The molecule has 6 heteroatoms. The molecule has 1 saturated heterocycles. The van der Waals surface area contributed by atoms with Gasteiger partial charge in [0.1, 0.15) is 0 Å². The molecule has 21 heavy (non-hydrogen) atoms. The van der Waals surface area contributed by atoms with Crippen LogP contribution < -0.4 is 10.2 Å². The summed E-state index contributed by atoms with van der Waals surface area (Å²) in [6.07, 6.45) is -4.37. The van der Waals surface area contributed by atoms with Crippen molar-refractivity contribution in [3.63, 3.8) is 0 Å². The highest BCUT2D eigenvalue weighted by Crippen LogP contribution is 2.40. The van der Waals surface area contributed by atoms with Crippen molar-refractivity contribution in [3.05, 3.63) is 29.3 Å². The second-order valence-corrected chi connectivity index (χ2v) is 5.90. The Morgan fingerprint density at radius 3 is 2.62 bits per heavy atom. The van der Waals surface area contributed by atoms with Gasteiger partial charge >= 0.3 is 6.18 Å². The number of morpholine rings is 1. The summed E-state index contributed by atoms with van der Waals surface area (Å²) in [5, 5.41) is 2.88. The lowest BCUT2D eigenvalue weighted by atomic mass is 9.98. The van der Waals surface area contributed by atoms with E-state index in [1.807, 2.05) is 13.8 Å². The molecule has 0 aliphatic carbocycles. The van der Waals surface area contributed by atoms with Crippen LogP contribution in [0.25, 0.3) is 0 Å². The topological polar surface area (TPSA) is 24.5 Å². The molecule has 0 saturated carbocycles. The van der Waals surface area contributed by atoms with Crippen LogP contribution in [0.4, 0.5) is 18.9 Å². The largest absolute Gasteiger partial charge is 0.418 e. The minimum Gasteiger partial charge on any atom is -0.377 e. The van der Waals surface area contributed by atoms with Crippen LogP contribution in [0.3, 0.4) is 0 Å². The van der Waals surface area contributed by atoms with E-state index in [9.17, 15) is 13.2 Å². The van der Waals surface area contributed by atoms with Crippen molar-refractivity contribution in [2.45, 2.75) is 32.1 Å². The minimum absolute atomic E-state index is 0.232. The first-order valence-corrected chi connectivity index (χ1v) is 6.96. The van der Waals surface area contributed by atoms with Crippen molar-refractivity contribution in [1.29, 1.82) is 0 Å². The third-order valence-corrected chi connectivity index (χ3v) is 3.68. The Labute approximate surface area is 123 Å². The number of halogens is 3. The summed E-state index contributed by atoms with van der Waals surface area (Å²) in [4.78, 5) is 1.79. The van der Waals surface area contributed by atoms with Crippen molar-refractivity contribution in [1.82, 2.24) is 5.32 Å². The smallest absolute Gasteiger partial charge is 0.377 e. The Kier molecular flexibility index (Phi) is 4.49. The van der Waals surface area contributed by atoms with Gasteiger partial charge in [-0.1, -0.05) is 6.07 Å². The highest BCUT2D eigenvalue weighted by molar-refractivity contribution is 5.58. The zero-order valence-corrected chi connectivity index (χ0v) is 12.5. The SMILES string of the molecule is CNCc1ccc(N2CCOCC2(C)C)c(C(F)(F)F)c1. The Bertz CT molecular complexity index is 500. The molecule has 2 rings (SSSR count). The first-order valence-electron chi connectivity index (χ1n) is 6.96. The van der Waals surface area contributed by atoms with Crippen molar-refractivity contribution in [3.8, 4) is 0 Å². The summed E-state index contributed by atoms with van der Waals surface area (Å²) < 4.78 is 45.6. The van der Waals surface area contributed by atoms with Crippen LogP contribution in [-0.2, 0) is 17.5 Å². The predicted molar refractivity (Wildman–Crippen MR) is 76.5 cm³/mol. The number of anilines is 1. The average molecular weight is 302 g/mol. The molecule has 1 aromatic rings.